The smallest absolute Gasteiger partial charge is 0.241 e. The van der Waals surface area contributed by atoms with Gasteiger partial charge in [-0.3, -0.25) is 9.59 Å². The molecule has 126 valence electrons. The van der Waals surface area contributed by atoms with Gasteiger partial charge in [0.15, 0.2) is 0 Å². The lowest BCUT2D eigenvalue weighted by Crippen LogP contribution is -2.42. The maximum absolute atomic E-state index is 13.0. The van der Waals surface area contributed by atoms with E-state index in [1.165, 1.54) is 18.6 Å². The second-order valence-corrected chi connectivity index (χ2v) is 6.08. The predicted octanol–water partition coefficient (Wildman–Crippen LogP) is 2.84. The van der Waals surface area contributed by atoms with Crippen LogP contribution in [0.1, 0.15) is 50.5 Å². The molecule has 1 fully saturated rings. The van der Waals surface area contributed by atoms with E-state index in [1.54, 1.807) is 12.1 Å². The van der Waals surface area contributed by atoms with Gasteiger partial charge in [0.05, 0.1) is 6.54 Å². The van der Waals surface area contributed by atoms with E-state index < -0.39 is 0 Å². The zero-order valence-electron chi connectivity index (χ0n) is 13.7. The summed E-state index contributed by atoms with van der Waals surface area (Å²) in [6.07, 6.45) is 4.37. The minimum atomic E-state index is -0.278. The molecule has 2 rings (SSSR count). The average molecular weight is 320 g/mol. The molecule has 1 aromatic carbocycles. The second kappa shape index (κ2) is 8.65. The quantitative estimate of drug-likeness (QED) is 0.876. The fraction of sp³-hybridized carbons (Fsp3) is 0.556. The van der Waals surface area contributed by atoms with Gasteiger partial charge in [-0.25, -0.2) is 4.39 Å². The molecule has 0 aromatic heterocycles. The number of benzene rings is 1. The number of hydrogen-bond acceptors (Lipinski definition) is 2. The maximum atomic E-state index is 13.0. The Morgan fingerprint density at radius 3 is 2.43 bits per heavy atom. The normalized spacial score (nSPS) is 16.0. The Labute approximate surface area is 137 Å². The van der Waals surface area contributed by atoms with Gasteiger partial charge >= 0.3 is 0 Å². The number of likely N-dealkylation sites (tertiary alicyclic amines) is 1. The van der Waals surface area contributed by atoms with E-state index in [4.69, 9.17) is 0 Å². The third kappa shape index (κ3) is 5.34. The third-order valence-corrected chi connectivity index (χ3v) is 4.41. The summed E-state index contributed by atoms with van der Waals surface area (Å²) in [4.78, 5) is 25.9. The number of amides is 2. The van der Waals surface area contributed by atoms with Crippen LogP contribution < -0.4 is 5.32 Å². The highest BCUT2D eigenvalue weighted by atomic mass is 19.1. The van der Waals surface area contributed by atoms with Crippen LogP contribution in [-0.4, -0.2) is 36.3 Å². The fourth-order valence-electron chi connectivity index (χ4n) is 2.96. The highest BCUT2D eigenvalue weighted by Crippen LogP contribution is 2.23. The summed E-state index contributed by atoms with van der Waals surface area (Å²) in [5, 5.41) is 2.72. The van der Waals surface area contributed by atoms with E-state index in [-0.39, 0.29) is 30.1 Å². The molecule has 1 aromatic rings. The average Bonchev–Trinajstić information content (AvgIpc) is 2.59. The van der Waals surface area contributed by atoms with Crippen molar-refractivity contribution in [3.05, 3.63) is 35.6 Å². The summed E-state index contributed by atoms with van der Waals surface area (Å²) in [6.45, 7) is 3.66. The zero-order valence-corrected chi connectivity index (χ0v) is 13.7. The monoisotopic (exact) mass is 320 g/mol. The van der Waals surface area contributed by atoms with Crippen LogP contribution in [0.4, 0.5) is 4.39 Å². The summed E-state index contributed by atoms with van der Waals surface area (Å²) in [7, 11) is 0. The Kier molecular flexibility index (Phi) is 6.56. The fourth-order valence-corrected chi connectivity index (χ4v) is 2.96. The van der Waals surface area contributed by atoms with Crippen molar-refractivity contribution in [1.29, 1.82) is 0 Å². The molecule has 0 radical (unpaired) electrons. The molecule has 0 spiro atoms. The second-order valence-electron chi connectivity index (χ2n) is 6.08. The maximum Gasteiger partial charge on any atom is 0.241 e. The van der Waals surface area contributed by atoms with Crippen LogP contribution in [0, 0.1) is 5.82 Å². The van der Waals surface area contributed by atoms with Gasteiger partial charge in [0.1, 0.15) is 5.82 Å². The summed E-state index contributed by atoms with van der Waals surface area (Å²) in [6, 6.07) is 6.26. The summed E-state index contributed by atoms with van der Waals surface area (Å²) in [5.74, 6) is -0.375. The van der Waals surface area contributed by atoms with Crippen molar-refractivity contribution in [3.8, 4) is 0 Å². The zero-order chi connectivity index (χ0) is 16.7. The van der Waals surface area contributed by atoms with Crippen LogP contribution >= 0.6 is 0 Å². The molecule has 1 atom stereocenters. The SMILES string of the molecule is CCC(CC(=O)NCC(=O)N1CCCCC1)c1ccc(F)cc1. The van der Waals surface area contributed by atoms with Gasteiger partial charge in [0, 0.05) is 19.5 Å². The van der Waals surface area contributed by atoms with Gasteiger partial charge in [-0.1, -0.05) is 19.1 Å². The van der Waals surface area contributed by atoms with Crippen molar-refractivity contribution in [3.63, 3.8) is 0 Å². The van der Waals surface area contributed by atoms with Gasteiger partial charge in [-0.15, -0.1) is 0 Å². The minimum absolute atomic E-state index is 0.00659. The van der Waals surface area contributed by atoms with Crippen molar-refractivity contribution in [1.82, 2.24) is 10.2 Å². The summed E-state index contributed by atoms with van der Waals surface area (Å²) >= 11 is 0. The van der Waals surface area contributed by atoms with E-state index >= 15 is 0 Å². The molecule has 0 bridgehead atoms. The Balaban J connectivity index is 1.80. The number of carbonyl (C=O) groups excluding carboxylic acids is 2. The van der Waals surface area contributed by atoms with Gasteiger partial charge in [0.25, 0.3) is 0 Å². The molecule has 0 aliphatic carbocycles. The summed E-state index contributed by atoms with van der Waals surface area (Å²) < 4.78 is 13.0. The van der Waals surface area contributed by atoms with Crippen LogP contribution in [0.5, 0.6) is 0 Å². The first-order chi connectivity index (χ1) is 11.1. The van der Waals surface area contributed by atoms with E-state index in [1.807, 2.05) is 11.8 Å². The number of nitrogens with one attached hydrogen (secondary N) is 1. The minimum Gasteiger partial charge on any atom is -0.347 e. The van der Waals surface area contributed by atoms with Crippen LogP contribution in [-0.2, 0) is 9.59 Å². The number of rotatable bonds is 6. The molecule has 1 saturated heterocycles. The van der Waals surface area contributed by atoms with Gasteiger partial charge in [-0.05, 0) is 49.3 Å². The van der Waals surface area contributed by atoms with Crippen LogP contribution in [0.2, 0.25) is 0 Å². The number of piperidine rings is 1. The summed E-state index contributed by atoms with van der Waals surface area (Å²) in [5.41, 5.74) is 0.950. The number of carbonyl (C=O) groups is 2. The van der Waals surface area contributed by atoms with Crippen molar-refractivity contribution in [2.24, 2.45) is 0 Å². The molecule has 1 aliphatic rings. The number of nitrogens with zero attached hydrogens (tertiary/aromatic N) is 1. The van der Waals surface area contributed by atoms with Gasteiger partial charge in [-0.2, -0.15) is 0 Å². The molecule has 1 unspecified atom stereocenters. The molecule has 23 heavy (non-hydrogen) atoms. The largest absolute Gasteiger partial charge is 0.347 e. The van der Waals surface area contributed by atoms with Crippen molar-refractivity contribution in [2.75, 3.05) is 19.6 Å². The Morgan fingerprint density at radius 1 is 1.17 bits per heavy atom. The number of hydrogen-bond donors (Lipinski definition) is 1. The Hall–Kier alpha value is -1.91. The van der Waals surface area contributed by atoms with Crippen LogP contribution in [0.25, 0.3) is 0 Å². The standard InChI is InChI=1S/C18H25FN2O2/c1-2-14(15-6-8-16(19)9-7-15)12-17(22)20-13-18(23)21-10-4-3-5-11-21/h6-9,14H,2-5,10-13H2,1H3,(H,20,22). The Morgan fingerprint density at radius 2 is 1.83 bits per heavy atom. The van der Waals surface area contributed by atoms with Gasteiger partial charge in [0.2, 0.25) is 11.8 Å². The molecule has 4 nitrogen and oxygen atoms in total. The number of halogens is 1. The first-order valence-corrected chi connectivity index (χ1v) is 8.40. The van der Waals surface area contributed by atoms with Crippen LogP contribution in [0.3, 0.4) is 0 Å². The molecular weight excluding hydrogens is 295 g/mol. The first kappa shape index (κ1) is 17.4. The van der Waals surface area contributed by atoms with Crippen LogP contribution in [0.15, 0.2) is 24.3 Å². The van der Waals surface area contributed by atoms with E-state index in [9.17, 15) is 14.0 Å². The van der Waals surface area contributed by atoms with Gasteiger partial charge < -0.3 is 10.2 Å². The highest BCUT2D eigenvalue weighted by Gasteiger charge is 2.18. The topological polar surface area (TPSA) is 49.4 Å². The lowest BCUT2D eigenvalue weighted by molar-refractivity contribution is -0.133. The first-order valence-electron chi connectivity index (χ1n) is 8.40. The molecule has 1 heterocycles. The third-order valence-electron chi connectivity index (χ3n) is 4.41. The molecule has 2 amide bonds. The molecule has 0 saturated carbocycles. The predicted molar refractivity (Wildman–Crippen MR) is 87.5 cm³/mol. The van der Waals surface area contributed by atoms with Crippen molar-refractivity contribution in [2.45, 2.75) is 44.9 Å². The lowest BCUT2D eigenvalue weighted by atomic mass is 9.93. The molecular formula is C18H25FN2O2. The Bertz CT molecular complexity index is 524. The van der Waals surface area contributed by atoms with E-state index in [0.29, 0.717) is 6.42 Å². The molecule has 1 aliphatic heterocycles. The lowest BCUT2D eigenvalue weighted by Gasteiger charge is -2.26. The molecule has 5 heteroatoms. The molecule has 1 N–H and O–H groups in total. The highest BCUT2D eigenvalue weighted by molar-refractivity contribution is 5.85. The van der Waals surface area contributed by atoms with E-state index in [0.717, 1.165) is 37.9 Å². The van der Waals surface area contributed by atoms with Crippen molar-refractivity contribution < 1.29 is 14.0 Å². The van der Waals surface area contributed by atoms with Crippen molar-refractivity contribution >= 4 is 11.8 Å². The van der Waals surface area contributed by atoms with E-state index in [2.05, 4.69) is 5.32 Å².